The van der Waals surface area contributed by atoms with Crippen LogP contribution < -0.4 is 5.32 Å². The molecule has 0 saturated heterocycles. The quantitative estimate of drug-likeness (QED) is 0.574. The molecule has 0 aromatic heterocycles. The summed E-state index contributed by atoms with van der Waals surface area (Å²) in [5.74, 6) is 0.0505. The van der Waals surface area contributed by atoms with Crippen LogP contribution in [0.2, 0.25) is 0 Å². The maximum atomic E-state index is 11.6. The molecule has 5 heteroatoms. The van der Waals surface area contributed by atoms with Crippen LogP contribution in [0, 0.1) is 0 Å². The molecule has 2 N–H and O–H groups in total. The van der Waals surface area contributed by atoms with Crippen LogP contribution in [0.5, 0.6) is 0 Å². The number of nitrogens with one attached hydrogen (secondary N) is 1. The number of ether oxygens (including phenoxy) is 1. The second-order valence-electron chi connectivity index (χ2n) is 3.28. The van der Waals surface area contributed by atoms with Crippen molar-refractivity contribution in [3.63, 3.8) is 0 Å². The third-order valence-corrected chi connectivity index (χ3v) is 2.25. The molecule has 0 aliphatic heterocycles. The summed E-state index contributed by atoms with van der Waals surface area (Å²) in [6, 6.07) is -0.172. The molecule has 0 aromatic rings. The van der Waals surface area contributed by atoms with E-state index >= 15 is 0 Å². The van der Waals surface area contributed by atoms with Crippen molar-refractivity contribution in [1.29, 1.82) is 0 Å². The number of hydrogen-bond acceptors (Lipinski definition) is 4. The Labute approximate surface area is 91.4 Å². The van der Waals surface area contributed by atoms with Crippen LogP contribution in [0.3, 0.4) is 0 Å². The minimum absolute atomic E-state index is 0.0284. The van der Waals surface area contributed by atoms with Gasteiger partial charge in [-0.3, -0.25) is 4.79 Å². The van der Waals surface area contributed by atoms with Crippen molar-refractivity contribution in [2.45, 2.75) is 19.9 Å². The fourth-order valence-electron chi connectivity index (χ4n) is 1.30. The van der Waals surface area contributed by atoms with E-state index in [4.69, 9.17) is 9.84 Å². The molecule has 1 amide bonds. The monoisotopic (exact) mass is 218 g/mol. The number of methoxy groups -OCH3 is 1. The molecule has 0 aromatic carbocycles. The normalized spacial score (nSPS) is 12.5. The first kappa shape index (κ1) is 14.3. The lowest BCUT2D eigenvalue weighted by Gasteiger charge is -2.21. The number of carbonyl (C=O) groups excluding carboxylic acids is 1. The summed E-state index contributed by atoms with van der Waals surface area (Å²) in [5.41, 5.74) is 0. The SMILES string of the molecule is CCN(CC)C(=O)CNC(CO)COC. The van der Waals surface area contributed by atoms with Crippen molar-refractivity contribution in [2.24, 2.45) is 0 Å². The van der Waals surface area contributed by atoms with E-state index in [1.54, 1.807) is 12.0 Å². The zero-order chi connectivity index (χ0) is 11.7. The molecule has 15 heavy (non-hydrogen) atoms. The van der Waals surface area contributed by atoms with Crippen LogP contribution >= 0.6 is 0 Å². The van der Waals surface area contributed by atoms with Crippen LogP contribution in [0.4, 0.5) is 0 Å². The lowest BCUT2D eigenvalue weighted by atomic mass is 10.3. The van der Waals surface area contributed by atoms with Gasteiger partial charge in [-0.15, -0.1) is 0 Å². The van der Waals surface area contributed by atoms with E-state index in [9.17, 15) is 4.79 Å². The summed E-state index contributed by atoms with van der Waals surface area (Å²) < 4.78 is 4.89. The Morgan fingerprint density at radius 2 is 2.07 bits per heavy atom. The van der Waals surface area contributed by atoms with Crippen molar-refractivity contribution in [2.75, 3.05) is 40.0 Å². The molecule has 0 aliphatic carbocycles. The summed E-state index contributed by atoms with van der Waals surface area (Å²) in [5, 5.41) is 11.9. The van der Waals surface area contributed by atoms with Gasteiger partial charge >= 0.3 is 0 Å². The van der Waals surface area contributed by atoms with E-state index in [0.29, 0.717) is 19.7 Å². The average molecular weight is 218 g/mol. The van der Waals surface area contributed by atoms with Gasteiger partial charge in [0.05, 0.1) is 25.8 Å². The van der Waals surface area contributed by atoms with Crippen LogP contribution in [0.15, 0.2) is 0 Å². The molecule has 0 aliphatic rings. The average Bonchev–Trinajstić information content (AvgIpc) is 2.25. The van der Waals surface area contributed by atoms with E-state index in [0.717, 1.165) is 0 Å². The predicted octanol–water partition coefficient (Wildman–Crippen LogP) is -0.548. The van der Waals surface area contributed by atoms with Crippen molar-refractivity contribution in [3.8, 4) is 0 Å². The molecular weight excluding hydrogens is 196 g/mol. The van der Waals surface area contributed by atoms with Gasteiger partial charge in [-0.05, 0) is 13.8 Å². The number of amides is 1. The molecule has 1 unspecified atom stereocenters. The van der Waals surface area contributed by atoms with Gasteiger partial charge in [-0.25, -0.2) is 0 Å². The van der Waals surface area contributed by atoms with Gasteiger partial charge in [-0.2, -0.15) is 0 Å². The Balaban J connectivity index is 3.85. The van der Waals surface area contributed by atoms with E-state index in [-0.39, 0.29) is 25.1 Å². The lowest BCUT2D eigenvalue weighted by molar-refractivity contribution is -0.130. The predicted molar refractivity (Wildman–Crippen MR) is 58.7 cm³/mol. The molecule has 0 rings (SSSR count). The van der Waals surface area contributed by atoms with Crippen molar-refractivity contribution >= 4 is 5.91 Å². The fraction of sp³-hybridized carbons (Fsp3) is 0.900. The van der Waals surface area contributed by atoms with Crippen molar-refractivity contribution in [3.05, 3.63) is 0 Å². The number of hydrogen-bond donors (Lipinski definition) is 2. The smallest absolute Gasteiger partial charge is 0.236 e. The zero-order valence-corrected chi connectivity index (χ0v) is 9.82. The van der Waals surface area contributed by atoms with E-state index in [1.165, 1.54) is 0 Å². The molecular formula is C10H22N2O3. The first-order valence-corrected chi connectivity index (χ1v) is 5.30. The van der Waals surface area contributed by atoms with Gasteiger partial charge in [0.1, 0.15) is 0 Å². The number of likely N-dealkylation sites (N-methyl/N-ethyl adjacent to an activating group) is 1. The van der Waals surface area contributed by atoms with Crippen LogP contribution in [-0.4, -0.2) is 61.9 Å². The molecule has 90 valence electrons. The number of nitrogens with zero attached hydrogens (tertiary/aromatic N) is 1. The van der Waals surface area contributed by atoms with Crippen LogP contribution in [-0.2, 0) is 9.53 Å². The fourth-order valence-corrected chi connectivity index (χ4v) is 1.30. The summed E-state index contributed by atoms with van der Waals surface area (Å²) in [6.07, 6.45) is 0. The Kier molecular flexibility index (Phi) is 8.27. The van der Waals surface area contributed by atoms with E-state index in [2.05, 4.69) is 5.32 Å². The third-order valence-electron chi connectivity index (χ3n) is 2.25. The number of rotatable bonds is 8. The van der Waals surface area contributed by atoms with Gasteiger partial charge in [-0.1, -0.05) is 0 Å². The number of aliphatic hydroxyl groups excluding tert-OH is 1. The van der Waals surface area contributed by atoms with Crippen molar-refractivity contribution in [1.82, 2.24) is 10.2 Å². The molecule has 1 atom stereocenters. The first-order chi connectivity index (χ1) is 7.19. The Morgan fingerprint density at radius 3 is 2.47 bits per heavy atom. The third kappa shape index (κ3) is 5.71. The maximum Gasteiger partial charge on any atom is 0.236 e. The molecule has 0 spiro atoms. The van der Waals surface area contributed by atoms with Crippen LogP contribution in [0.1, 0.15) is 13.8 Å². The topological polar surface area (TPSA) is 61.8 Å². The van der Waals surface area contributed by atoms with E-state index < -0.39 is 0 Å². The second-order valence-corrected chi connectivity index (χ2v) is 3.28. The summed E-state index contributed by atoms with van der Waals surface area (Å²) in [7, 11) is 1.57. The minimum atomic E-state index is -0.172. The highest BCUT2D eigenvalue weighted by atomic mass is 16.5. The summed E-state index contributed by atoms with van der Waals surface area (Å²) in [4.78, 5) is 13.3. The highest BCUT2D eigenvalue weighted by Crippen LogP contribution is 1.89. The molecule has 0 bridgehead atoms. The Hall–Kier alpha value is -0.650. The van der Waals surface area contributed by atoms with E-state index in [1.807, 2.05) is 13.8 Å². The Bertz CT molecular complexity index is 172. The zero-order valence-electron chi connectivity index (χ0n) is 9.82. The van der Waals surface area contributed by atoms with Gasteiger partial charge in [0.15, 0.2) is 0 Å². The number of aliphatic hydroxyl groups is 1. The Morgan fingerprint density at radius 1 is 1.47 bits per heavy atom. The molecule has 0 heterocycles. The molecule has 0 fully saturated rings. The molecule has 0 radical (unpaired) electrons. The van der Waals surface area contributed by atoms with Gasteiger partial charge in [0.2, 0.25) is 5.91 Å². The minimum Gasteiger partial charge on any atom is -0.395 e. The second kappa shape index (κ2) is 8.64. The summed E-state index contributed by atoms with van der Waals surface area (Å²) >= 11 is 0. The first-order valence-electron chi connectivity index (χ1n) is 5.30. The maximum absolute atomic E-state index is 11.6. The standard InChI is InChI=1S/C10H22N2O3/c1-4-12(5-2)10(14)6-11-9(7-13)8-15-3/h9,11,13H,4-8H2,1-3H3. The van der Waals surface area contributed by atoms with Gasteiger partial charge < -0.3 is 20.1 Å². The summed E-state index contributed by atoms with van der Waals surface area (Å²) in [6.45, 7) is 5.94. The highest BCUT2D eigenvalue weighted by Gasteiger charge is 2.12. The molecule has 5 nitrogen and oxygen atoms in total. The number of carbonyl (C=O) groups is 1. The van der Waals surface area contributed by atoms with Gasteiger partial charge in [0, 0.05) is 20.2 Å². The lowest BCUT2D eigenvalue weighted by Crippen LogP contribution is -2.44. The molecule has 0 saturated carbocycles. The van der Waals surface area contributed by atoms with Gasteiger partial charge in [0.25, 0.3) is 0 Å². The highest BCUT2D eigenvalue weighted by molar-refractivity contribution is 5.78. The van der Waals surface area contributed by atoms with Crippen molar-refractivity contribution < 1.29 is 14.6 Å². The van der Waals surface area contributed by atoms with Crippen LogP contribution in [0.25, 0.3) is 0 Å². The largest absolute Gasteiger partial charge is 0.395 e.